The molecule has 0 bridgehead atoms. The summed E-state index contributed by atoms with van der Waals surface area (Å²) >= 11 is 0. The average Bonchev–Trinajstić information content (AvgIpc) is 0.901. The maximum Gasteiger partial charge on any atom is 0.472 e. The second-order valence-electron chi connectivity index (χ2n) is 33.6. The number of esters is 4. The number of phosphoric ester groups is 2. The van der Waals surface area contributed by atoms with Gasteiger partial charge in [-0.1, -0.05) is 440 Å². The van der Waals surface area contributed by atoms with E-state index in [0.29, 0.717) is 25.7 Å². The van der Waals surface area contributed by atoms with Gasteiger partial charge in [0.15, 0.2) is 12.2 Å². The predicted molar refractivity (Wildman–Crippen MR) is 455 cm³/mol. The van der Waals surface area contributed by atoms with Gasteiger partial charge >= 0.3 is 39.5 Å². The number of rotatable bonds is 90. The molecule has 0 aliphatic rings. The highest BCUT2D eigenvalue weighted by atomic mass is 31.2. The molecule has 0 aliphatic carbocycles. The topological polar surface area (TPSA) is 237 Å². The molecule has 0 fully saturated rings. The Kier molecular flexibility index (Phi) is 80.7. The number of unbranched alkanes of at least 4 members (excludes halogenated alkanes) is 60. The minimum atomic E-state index is -4.97. The average molecular weight is 1610 g/mol. The van der Waals surface area contributed by atoms with Crippen molar-refractivity contribution >= 4 is 39.5 Å². The Hall–Kier alpha value is -1.94. The van der Waals surface area contributed by atoms with Crippen molar-refractivity contribution in [2.75, 3.05) is 39.6 Å². The van der Waals surface area contributed by atoms with E-state index >= 15 is 0 Å². The molecule has 17 nitrogen and oxygen atoms in total. The Balaban J connectivity index is 5.23. The van der Waals surface area contributed by atoms with Gasteiger partial charge in [-0.05, 0) is 37.5 Å². The lowest BCUT2D eigenvalue weighted by molar-refractivity contribution is -0.161. The van der Waals surface area contributed by atoms with Gasteiger partial charge in [-0.15, -0.1) is 0 Å². The van der Waals surface area contributed by atoms with E-state index in [0.717, 1.165) is 102 Å². The van der Waals surface area contributed by atoms with E-state index in [-0.39, 0.29) is 25.7 Å². The van der Waals surface area contributed by atoms with Gasteiger partial charge < -0.3 is 33.8 Å². The standard InChI is InChI=1S/C91H178O17P2/c1-7-9-11-13-15-17-19-21-23-24-25-26-27-28-33-37-41-45-51-58-64-70-76-91(96)107-86(79-101-88(93)73-67-61-55-49-43-39-36-32-30-29-31-35-38-42-47-53-59-65-71-83(3)4)81-105-109(97,98)103-77-85(92)78-104-110(99,100)106-82-87(80-102-89(94)74-68-62-56-52-46-48-54-60-66-72-84(5)6)108-90(95)75-69-63-57-50-44-40-34-22-20-18-16-14-12-10-8-2/h83-87,92H,7-82H2,1-6H3,(H,97,98)(H,99,100)/t85-,86-,87-/m1/s1. The first-order valence-corrected chi connectivity index (χ1v) is 50.0. The van der Waals surface area contributed by atoms with Crippen molar-refractivity contribution in [3.05, 3.63) is 0 Å². The zero-order valence-corrected chi connectivity index (χ0v) is 74.4. The maximum atomic E-state index is 13.2. The summed E-state index contributed by atoms with van der Waals surface area (Å²) in [5, 5.41) is 10.7. The molecule has 0 saturated carbocycles. The molecule has 19 heteroatoms. The number of hydrogen-bond acceptors (Lipinski definition) is 15. The SMILES string of the molecule is CCCCCCCCCCCCCCCCCCCCCCCCC(=O)O[C@H](COC(=O)CCCCCCCCCCCCCCCCCCCCC(C)C)COP(=O)(O)OC[C@@H](O)COP(=O)(O)OC[C@@H](COC(=O)CCCCCCCCCCCC(C)C)OC(=O)CCCCCCCCCCCCCCCCC. The summed E-state index contributed by atoms with van der Waals surface area (Å²) in [4.78, 5) is 73.4. The van der Waals surface area contributed by atoms with Gasteiger partial charge in [0.2, 0.25) is 0 Å². The van der Waals surface area contributed by atoms with E-state index < -0.39 is 97.5 Å². The van der Waals surface area contributed by atoms with Crippen LogP contribution in [0.2, 0.25) is 0 Å². The molecule has 0 rings (SSSR count). The van der Waals surface area contributed by atoms with E-state index in [2.05, 4.69) is 41.5 Å². The van der Waals surface area contributed by atoms with Crippen LogP contribution in [-0.4, -0.2) is 96.7 Å². The summed E-state index contributed by atoms with van der Waals surface area (Å²) in [6.45, 7) is 9.72. The molecule has 5 atom stereocenters. The summed E-state index contributed by atoms with van der Waals surface area (Å²) in [6.07, 6.45) is 76.5. The van der Waals surface area contributed by atoms with Gasteiger partial charge in [-0.3, -0.25) is 37.3 Å². The fraction of sp³-hybridized carbons (Fsp3) is 0.956. The Morgan fingerprint density at radius 2 is 0.418 bits per heavy atom. The van der Waals surface area contributed by atoms with Gasteiger partial charge in [0, 0.05) is 25.7 Å². The Labute approximate surface area is 677 Å². The lowest BCUT2D eigenvalue weighted by atomic mass is 10.0. The Morgan fingerprint density at radius 3 is 0.618 bits per heavy atom. The maximum absolute atomic E-state index is 13.2. The zero-order chi connectivity index (χ0) is 80.6. The van der Waals surface area contributed by atoms with Crippen LogP contribution in [0.5, 0.6) is 0 Å². The molecule has 0 aromatic rings. The molecule has 0 spiro atoms. The van der Waals surface area contributed by atoms with Crippen molar-refractivity contribution < 1.29 is 80.2 Å². The first kappa shape index (κ1) is 108. The minimum Gasteiger partial charge on any atom is -0.462 e. The van der Waals surface area contributed by atoms with Gasteiger partial charge in [-0.2, -0.15) is 0 Å². The van der Waals surface area contributed by atoms with Gasteiger partial charge in [0.1, 0.15) is 19.3 Å². The molecular weight excluding hydrogens is 1430 g/mol. The van der Waals surface area contributed by atoms with Crippen LogP contribution in [0.4, 0.5) is 0 Å². The Bertz CT molecular complexity index is 2100. The first-order valence-electron chi connectivity index (χ1n) is 47.0. The highest BCUT2D eigenvalue weighted by Gasteiger charge is 2.31. The number of aliphatic hydroxyl groups excluding tert-OH is 1. The molecule has 0 aromatic carbocycles. The van der Waals surface area contributed by atoms with Crippen molar-refractivity contribution in [2.24, 2.45) is 11.8 Å². The molecule has 0 aromatic heterocycles. The normalized spacial score (nSPS) is 13.7. The zero-order valence-electron chi connectivity index (χ0n) is 72.6. The molecule has 3 N–H and O–H groups in total. The number of carbonyl (C=O) groups is 4. The fourth-order valence-corrected chi connectivity index (χ4v) is 15.9. The minimum absolute atomic E-state index is 0.108. The van der Waals surface area contributed by atoms with Crippen LogP contribution in [0.25, 0.3) is 0 Å². The van der Waals surface area contributed by atoms with E-state index in [9.17, 15) is 43.2 Å². The summed E-state index contributed by atoms with van der Waals surface area (Å²) in [7, 11) is -9.93. The van der Waals surface area contributed by atoms with Crippen molar-refractivity contribution in [2.45, 2.75) is 509 Å². The van der Waals surface area contributed by atoms with E-state index in [1.165, 1.54) is 308 Å². The van der Waals surface area contributed by atoms with Gasteiger partial charge in [0.25, 0.3) is 0 Å². The monoisotopic (exact) mass is 1610 g/mol. The Morgan fingerprint density at radius 1 is 0.245 bits per heavy atom. The van der Waals surface area contributed by atoms with Crippen molar-refractivity contribution in [1.82, 2.24) is 0 Å². The highest BCUT2D eigenvalue weighted by Crippen LogP contribution is 2.45. The quantitative estimate of drug-likeness (QED) is 0.0222. The fourth-order valence-electron chi connectivity index (χ4n) is 14.3. The molecule has 654 valence electrons. The van der Waals surface area contributed by atoms with Crippen molar-refractivity contribution in [3.63, 3.8) is 0 Å². The summed E-state index contributed by atoms with van der Waals surface area (Å²) in [5.41, 5.74) is 0. The molecule has 0 amide bonds. The van der Waals surface area contributed by atoms with Gasteiger partial charge in [-0.25, -0.2) is 9.13 Å². The third-order valence-electron chi connectivity index (χ3n) is 21.5. The second-order valence-corrected chi connectivity index (χ2v) is 36.6. The molecule has 110 heavy (non-hydrogen) atoms. The number of carbonyl (C=O) groups excluding carboxylic acids is 4. The molecule has 0 saturated heterocycles. The van der Waals surface area contributed by atoms with E-state index in [1.807, 2.05) is 0 Å². The van der Waals surface area contributed by atoms with Crippen LogP contribution in [-0.2, 0) is 65.4 Å². The molecule has 0 radical (unpaired) electrons. The van der Waals surface area contributed by atoms with Crippen LogP contribution in [0.3, 0.4) is 0 Å². The number of phosphoric acid groups is 2. The smallest absolute Gasteiger partial charge is 0.462 e. The van der Waals surface area contributed by atoms with Crippen LogP contribution in [0.15, 0.2) is 0 Å². The van der Waals surface area contributed by atoms with Crippen LogP contribution < -0.4 is 0 Å². The third-order valence-corrected chi connectivity index (χ3v) is 23.4. The predicted octanol–water partition coefficient (Wildman–Crippen LogP) is 28.2. The van der Waals surface area contributed by atoms with Gasteiger partial charge in [0.05, 0.1) is 26.4 Å². The largest absolute Gasteiger partial charge is 0.472 e. The van der Waals surface area contributed by atoms with E-state index in [4.69, 9.17) is 37.0 Å². The number of ether oxygens (including phenoxy) is 4. The second kappa shape index (κ2) is 82.2. The van der Waals surface area contributed by atoms with Crippen LogP contribution in [0, 0.1) is 11.8 Å². The third kappa shape index (κ3) is 84.0. The first-order chi connectivity index (χ1) is 53.4. The van der Waals surface area contributed by atoms with Crippen molar-refractivity contribution in [1.29, 1.82) is 0 Å². The summed E-state index contributed by atoms with van der Waals surface area (Å²) < 4.78 is 69.1. The van der Waals surface area contributed by atoms with E-state index in [1.54, 1.807) is 0 Å². The summed E-state index contributed by atoms with van der Waals surface area (Å²) in [5.74, 6) is -0.529. The molecule has 0 aliphatic heterocycles. The lowest BCUT2D eigenvalue weighted by Gasteiger charge is -2.21. The van der Waals surface area contributed by atoms with Crippen LogP contribution in [0.1, 0.15) is 491 Å². The molecular formula is C91H178O17P2. The molecule has 0 heterocycles. The number of aliphatic hydroxyl groups is 1. The highest BCUT2D eigenvalue weighted by molar-refractivity contribution is 7.47. The van der Waals surface area contributed by atoms with Crippen LogP contribution >= 0.6 is 15.6 Å². The summed E-state index contributed by atoms with van der Waals surface area (Å²) in [6, 6.07) is 0. The molecule has 2 unspecified atom stereocenters. The lowest BCUT2D eigenvalue weighted by Crippen LogP contribution is -2.30. The number of hydrogen-bond donors (Lipinski definition) is 3. The van der Waals surface area contributed by atoms with Crippen molar-refractivity contribution in [3.8, 4) is 0 Å².